The van der Waals surface area contributed by atoms with Gasteiger partial charge in [0.1, 0.15) is 12.7 Å². The Morgan fingerprint density at radius 2 is 2.08 bits per heavy atom. The predicted octanol–water partition coefficient (Wildman–Crippen LogP) is 2.58. The van der Waals surface area contributed by atoms with Crippen LogP contribution < -0.4 is 10.6 Å². The maximum absolute atomic E-state index is 4.64. The molecule has 0 aliphatic carbocycles. The molecular weight excluding hydrogens is 320 g/mol. The summed E-state index contributed by atoms with van der Waals surface area (Å²) in [6.07, 6.45) is 3.21. The molecule has 2 N–H and O–H groups in total. The Balaban J connectivity index is 1.60. The normalized spacial score (nSPS) is 11.5. The Morgan fingerprint density at radius 1 is 1.21 bits per heavy atom. The molecule has 0 aliphatic heterocycles. The molecule has 24 heavy (non-hydrogen) atoms. The lowest BCUT2D eigenvalue weighted by Crippen LogP contribution is -2.36. The van der Waals surface area contributed by atoms with E-state index in [1.807, 2.05) is 12.1 Å². The van der Waals surface area contributed by atoms with Gasteiger partial charge in [0, 0.05) is 11.4 Å². The number of nitrogens with one attached hydrogen (secondary N) is 2. The van der Waals surface area contributed by atoms with E-state index in [9.17, 15) is 0 Å². The molecule has 124 valence electrons. The average Bonchev–Trinajstić information content (AvgIpc) is 3.31. The topological polar surface area (TPSA) is 67.1 Å². The Labute approximate surface area is 145 Å². The van der Waals surface area contributed by atoms with Crippen molar-refractivity contribution in [1.82, 2.24) is 25.4 Å². The predicted molar refractivity (Wildman–Crippen MR) is 97.3 cm³/mol. The standard InChI is InChI=1S/C17H20N6S/c1-2-19-17(21-11-16-4-3-9-24-16)20-10-14-5-7-15(8-6-14)23-13-18-12-22-23/h3-9,12-13H,2,10-11H2,1H3,(H2,19,20,21). The number of hydrogen-bond acceptors (Lipinski definition) is 4. The average molecular weight is 340 g/mol. The molecule has 3 aromatic rings. The van der Waals surface area contributed by atoms with Crippen LogP contribution in [0, 0.1) is 0 Å². The van der Waals surface area contributed by atoms with Crippen LogP contribution in [0.25, 0.3) is 5.69 Å². The lowest BCUT2D eigenvalue weighted by atomic mass is 10.2. The van der Waals surface area contributed by atoms with Crippen LogP contribution in [0.1, 0.15) is 17.4 Å². The van der Waals surface area contributed by atoms with Gasteiger partial charge >= 0.3 is 0 Å². The summed E-state index contributed by atoms with van der Waals surface area (Å²) in [5.74, 6) is 0.825. The third kappa shape index (κ3) is 4.42. The van der Waals surface area contributed by atoms with Gasteiger partial charge in [-0.15, -0.1) is 11.3 Å². The Bertz CT molecular complexity index is 747. The van der Waals surface area contributed by atoms with E-state index in [1.54, 1.807) is 22.3 Å². The second-order valence-corrected chi connectivity index (χ2v) is 6.17. The Hall–Kier alpha value is -2.67. The van der Waals surface area contributed by atoms with Gasteiger partial charge in [-0.3, -0.25) is 0 Å². The monoisotopic (exact) mass is 340 g/mol. The number of benzene rings is 1. The summed E-state index contributed by atoms with van der Waals surface area (Å²) in [6, 6.07) is 12.3. The van der Waals surface area contributed by atoms with Crippen LogP contribution in [0.4, 0.5) is 0 Å². The zero-order chi connectivity index (χ0) is 16.6. The lowest BCUT2D eigenvalue weighted by Gasteiger charge is -2.10. The number of rotatable bonds is 6. The molecule has 0 aliphatic rings. The zero-order valence-corrected chi connectivity index (χ0v) is 14.3. The van der Waals surface area contributed by atoms with Gasteiger partial charge < -0.3 is 10.6 Å². The molecule has 3 rings (SSSR count). The summed E-state index contributed by atoms with van der Waals surface area (Å²) in [5, 5.41) is 12.8. The van der Waals surface area contributed by atoms with Crippen molar-refractivity contribution in [2.45, 2.75) is 20.0 Å². The summed E-state index contributed by atoms with van der Waals surface area (Å²) in [7, 11) is 0. The van der Waals surface area contributed by atoms with E-state index in [-0.39, 0.29) is 0 Å². The quantitative estimate of drug-likeness (QED) is 0.535. The molecule has 2 aromatic heterocycles. The van der Waals surface area contributed by atoms with Gasteiger partial charge in [0.15, 0.2) is 5.96 Å². The number of thiophene rings is 1. The highest BCUT2D eigenvalue weighted by molar-refractivity contribution is 7.09. The minimum absolute atomic E-state index is 0.622. The van der Waals surface area contributed by atoms with Crippen LogP contribution in [0.2, 0.25) is 0 Å². The fourth-order valence-corrected chi connectivity index (χ4v) is 2.84. The van der Waals surface area contributed by atoms with Crippen molar-refractivity contribution in [3.8, 4) is 5.69 Å². The third-order valence-electron chi connectivity index (χ3n) is 3.39. The molecule has 0 bridgehead atoms. The van der Waals surface area contributed by atoms with E-state index in [0.29, 0.717) is 6.54 Å². The van der Waals surface area contributed by atoms with Crippen LogP contribution in [-0.2, 0) is 13.1 Å². The summed E-state index contributed by atoms with van der Waals surface area (Å²) < 4.78 is 1.74. The lowest BCUT2D eigenvalue weighted by molar-refractivity contribution is 0.823. The molecule has 0 fully saturated rings. The minimum Gasteiger partial charge on any atom is -0.357 e. The molecule has 0 radical (unpaired) electrons. The maximum Gasteiger partial charge on any atom is 0.191 e. The third-order valence-corrected chi connectivity index (χ3v) is 4.27. The summed E-state index contributed by atoms with van der Waals surface area (Å²) >= 11 is 1.74. The largest absolute Gasteiger partial charge is 0.357 e. The van der Waals surface area contributed by atoms with Crippen LogP contribution in [0.5, 0.6) is 0 Å². The number of nitrogens with zero attached hydrogens (tertiary/aromatic N) is 4. The van der Waals surface area contributed by atoms with Gasteiger partial charge in [-0.05, 0) is 36.1 Å². The first-order valence-corrected chi connectivity index (χ1v) is 8.71. The summed E-state index contributed by atoms with van der Waals surface area (Å²) in [4.78, 5) is 9.89. The van der Waals surface area contributed by atoms with E-state index in [4.69, 9.17) is 0 Å². The van der Waals surface area contributed by atoms with E-state index in [0.717, 1.165) is 30.3 Å². The number of guanidine groups is 1. The maximum atomic E-state index is 4.64. The molecule has 7 heteroatoms. The van der Waals surface area contributed by atoms with Crippen LogP contribution in [0.3, 0.4) is 0 Å². The molecular formula is C17H20N6S. The number of aromatic nitrogens is 3. The van der Waals surface area contributed by atoms with Gasteiger partial charge in [-0.25, -0.2) is 14.7 Å². The molecule has 2 heterocycles. The fourth-order valence-electron chi connectivity index (χ4n) is 2.19. The molecule has 0 saturated carbocycles. The van der Waals surface area contributed by atoms with Gasteiger partial charge in [-0.2, -0.15) is 5.10 Å². The van der Waals surface area contributed by atoms with Crippen LogP contribution >= 0.6 is 11.3 Å². The van der Waals surface area contributed by atoms with Crippen LogP contribution in [-0.4, -0.2) is 27.3 Å². The minimum atomic E-state index is 0.622. The molecule has 1 aromatic carbocycles. The smallest absolute Gasteiger partial charge is 0.191 e. The molecule has 0 atom stereocenters. The fraction of sp³-hybridized carbons (Fsp3) is 0.235. The van der Waals surface area contributed by atoms with Gasteiger partial charge in [0.05, 0.1) is 18.8 Å². The van der Waals surface area contributed by atoms with Crippen molar-refractivity contribution in [1.29, 1.82) is 0 Å². The van der Waals surface area contributed by atoms with Crippen molar-refractivity contribution in [2.24, 2.45) is 4.99 Å². The molecule has 0 amide bonds. The molecule has 0 unspecified atom stereocenters. The van der Waals surface area contributed by atoms with Crippen LogP contribution in [0.15, 0.2) is 59.4 Å². The van der Waals surface area contributed by atoms with Crippen molar-refractivity contribution in [2.75, 3.05) is 6.54 Å². The zero-order valence-electron chi connectivity index (χ0n) is 13.5. The number of hydrogen-bond donors (Lipinski definition) is 2. The van der Waals surface area contributed by atoms with Crippen molar-refractivity contribution in [3.63, 3.8) is 0 Å². The van der Waals surface area contributed by atoms with E-state index in [1.165, 1.54) is 11.2 Å². The molecule has 0 saturated heterocycles. The summed E-state index contributed by atoms with van der Waals surface area (Å²) in [6.45, 7) is 4.31. The molecule has 6 nitrogen and oxygen atoms in total. The van der Waals surface area contributed by atoms with E-state index < -0.39 is 0 Å². The second-order valence-electron chi connectivity index (χ2n) is 5.13. The van der Waals surface area contributed by atoms with Gasteiger partial charge in [0.25, 0.3) is 0 Å². The first kappa shape index (κ1) is 16.2. The molecule has 0 spiro atoms. The van der Waals surface area contributed by atoms with E-state index in [2.05, 4.69) is 62.3 Å². The first-order valence-electron chi connectivity index (χ1n) is 7.83. The SMILES string of the molecule is CCNC(=NCc1ccc(-n2cncn2)cc1)NCc1cccs1. The van der Waals surface area contributed by atoms with Crippen molar-refractivity contribution >= 4 is 17.3 Å². The van der Waals surface area contributed by atoms with Gasteiger partial charge in [-0.1, -0.05) is 18.2 Å². The Morgan fingerprint density at radius 3 is 2.75 bits per heavy atom. The highest BCUT2D eigenvalue weighted by atomic mass is 32.1. The second kappa shape index (κ2) is 8.26. The highest BCUT2D eigenvalue weighted by Crippen LogP contribution is 2.09. The van der Waals surface area contributed by atoms with Crippen molar-refractivity contribution < 1.29 is 0 Å². The highest BCUT2D eigenvalue weighted by Gasteiger charge is 2.00. The summed E-state index contributed by atoms with van der Waals surface area (Å²) in [5.41, 5.74) is 2.13. The number of aliphatic imine (C=N–C) groups is 1. The first-order chi connectivity index (χ1) is 11.8. The Kier molecular flexibility index (Phi) is 5.57. The van der Waals surface area contributed by atoms with Gasteiger partial charge in [0.2, 0.25) is 0 Å². The van der Waals surface area contributed by atoms with Crippen molar-refractivity contribution in [3.05, 3.63) is 64.9 Å². The van der Waals surface area contributed by atoms with E-state index >= 15 is 0 Å².